The topological polar surface area (TPSA) is 70.0 Å². The smallest absolute Gasteiger partial charge is 0.361 e. The van der Waals surface area contributed by atoms with Crippen molar-refractivity contribution in [2.24, 2.45) is 16.9 Å². The molecule has 5 nitrogen and oxygen atoms in total. The molecule has 2 aliphatic rings. The summed E-state index contributed by atoms with van der Waals surface area (Å²) in [5.41, 5.74) is -3.45. The largest absolute Gasteiger partial charge is 0.439 e. The average molecular weight is 362 g/mol. The van der Waals surface area contributed by atoms with Gasteiger partial charge in [0.15, 0.2) is 0 Å². The van der Waals surface area contributed by atoms with Gasteiger partial charge in [0, 0.05) is 0 Å². The number of hydrazone groups is 1. The fourth-order valence-corrected chi connectivity index (χ4v) is 4.89. The summed E-state index contributed by atoms with van der Waals surface area (Å²) in [7, 11) is -4.64. The van der Waals surface area contributed by atoms with Gasteiger partial charge in [0.1, 0.15) is 0 Å². The van der Waals surface area contributed by atoms with Crippen molar-refractivity contribution in [1.82, 2.24) is 4.41 Å². The molecule has 132 valence electrons. The zero-order valence-corrected chi connectivity index (χ0v) is 13.7. The van der Waals surface area contributed by atoms with Gasteiger partial charge in [-0.15, -0.1) is 4.41 Å². The molecule has 1 heterocycles. The summed E-state index contributed by atoms with van der Waals surface area (Å²) in [5, 5.41) is 14.3. The number of hydrogen-bond acceptors (Lipinski definition) is 4. The summed E-state index contributed by atoms with van der Waals surface area (Å²) < 4.78 is 66.4. The van der Waals surface area contributed by atoms with Gasteiger partial charge < -0.3 is 5.11 Å². The van der Waals surface area contributed by atoms with Gasteiger partial charge in [-0.1, -0.05) is 31.5 Å². The van der Waals surface area contributed by atoms with Crippen LogP contribution in [0.25, 0.3) is 0 Å². The van der Waals surface area contributed by atoms with Crippen LogP contribution in [0.2, 0.25) is 0 Å². The molecule has 24 heavy (non-hydrogen) atoms. The molecule has 3 atom stereocenters. The van der Waals surface area contributed by atoms with Crippen LogP contribution in [0, 0.1) is 11.8 Å². The first-order valence-corrected chi connectivity index (χ1v) is 9.02. The Morgan fingerprint density at radius 3 is 2.46 bits per heavy atom. The van der Waals surface area contributed by atoms with Crippen LogP contribution in [0.3, 0.4) is 0 Å². The third kappa shape index (κ3) is 2.33. The van der Waals surface area contributed by atoms with Gasteiger partial charge in [-0.05, 0) is 30.9 Å². The summed E-state index contributed by atoms with van der Waals surface area (Å²) in [6.07, 6.45) is -4.03. The first-order chi connectivity index (χ1) is 11.1. The molecule has 1 aliphatic heterocycles. The maximum atomic E-state index is 13.7. The molecule has 1 aromatic carbocycles. The van der Waals surface area contributed by atoms with Crippen LogP contribution in [0.15, 0.2) is 40.3 Å². The van der Waals surface area contributed by atoms with E-state index >= 15 is 0 Å². The third-order valence-electron chi connectivity index (χ3n) is 4.66. The van der Waals surface area contributed by atoms with E-state index in [0.717, 1.165) is 0 Å². The lowest BCUT2D eigenvalue weighted by atomic mass is 9.76. The van der Waals surface area contributed by atoms with Gasteiger partial charge in [0.25, 0.3) is 15.7 Å². The van der Waals surface area contributed by atoms with E-state index in [2.05, 4.69) is 5.10 Å². The van der Waals surface area contributed by atoms with Crippen molar-refractivity contribution in [3.05, 3.63) is 30.3 Å². The van der Waals surface area contributed by atoms with Gasteiger partial charge in [0.2, 0.25) is 0 Å². The summed E-state index contributed by atoms with van der Waals surface area (Å²) in [6.45, 7) is 1.69. The molecule has 1 saturated carbocycles. The second kappa shape index (κ2) is 5.45. The monoisotopic (exact) mass is 362 g/mol. The number of sulfonamides is 1. The highest BCUT2D eigenvalue weighted by Gasteiger charge is 2.70. The number of alkyl halides is 3. The van der Waals surface area contributed by atoms with Crippen LogP contribution in [0.4, 0.5) is 13.2 Å². The summed E-state index contributed by atoms with van der Waals surface area (Å²) in [4.78, 5) is -0.344. The van der Waals surface area contributed by atoms with Gasteiger partial charge in [0.05, 0.1) is 16.5 Å². The van der Waals surface area contributed by atoms with Crippen LogP contribution < -0.4 is 0 Å². The van der Waals surface area contributed by atoms with Crippen LogP contribution in [-0.2, 0) is 10.0 Å². The van der Waals surface area contributed by atoms with Crippen LogP contribution in [0.5, 0.6) is 0 Å². The van der Waals surface area contributed by atoms with Gasteiger partial charge in [-0.25, -0.2) is 0 Å². The van der Waals surface area contributed by atoms with E-state index in [4.69, 9.17) is 0 Å². The Morgan fingerprint density at radius 2 is 1.88 bits per heavy atom. The average Bonchev–Trinajstić information content (AvgIpc) is 2.85. The molecule has 0 amide bonds. The predicted molar refractivity (Wildman–Crippen MR) is 80.4 cm³/mol. The van der Waals surface area contributed by atoms with E-state index in [1.165, 1.54) is 24.3 Å². The third-order valence-corrected chi connectivity index (χ3v) is 6.34. The number of hydrogen-bond donors (Lipinski definition) is 1. The molecule has 0 aromatic heterocycles. The van der Waals surface area contributed by atoms with Crippen LogP contribution in [0.1, 0.15) is 26.2 Å². The van der Waals surface area contributed by atoms with Crippen LogP contribution >= 0.6 is 0 Å². The SMILES string of the molecule is C[C@@H]1CCC[C@@H]2C1=NN(S(=O)(=O)c1ccccc1)[C@@]2(O)C(F)(F)F. The number of rotatable bonds is 2. The predicted octanol–water partition coefficient (Wildman–Crippen LogP) is 2.73. The first-order valence-electron chi connectivity index (χ1n) is 7.58. The van der Waals surface area contributed by atoms with Crippen molar-refractivity contribution < 1.29 is 26.7 Å². The quantitative estimate of drug-likeness (QED) is 0.879. The molecule has 0 bridgehead atoms. The van der Waals surface area contributed by atoms with E-state index in [0.29, 0.717) is 12.8 Å². The Balaban J connectivity index is 2.17. The molecule has 1 fully saturated rings. The molecular formula is C15H17F3N2O3S. The summed E-state index contributed by atoms with van der Waals surface area (Å²) >= 11 is 0. The molecule has 0 spiro atoms. The highest BCUT2D eigenvalue weighted by atomic mass is 32.2. The molecule has 3 rings (SSSR count). The lowest BCUT2D eigenvalue weighted by Gasteiger charge is -2.39. The number of halogens is 3. The second-order valence-electron chi connectivity index (χ2n) is 6.19. The van der Waals surface area contributed by atoms with E-state index in [1.807, 2.05) is 0 Å². The maximum Gasteiger partial charge on any atom is 0.439 e. The number of aliphatic hydroxyl groups is 1. The Morgan fingerprint density at radius 1 is 1.25 bits per heavy atom. The molecule has 0 unspecified atom stereocenters. The molecule has 1 aliphatic carbocycles. The van der Waals surface area contributed by atoms with Crippen molar-refractivity contribution in [2.75, 3.05) is 0 Å². The Bertz CT molecular complexity index is 764. The highest BCUT2D eigenvalue weighted by Crippen LogP contribution is 2.50. The second-order valence-corrected chi connectivity index (χ2v) is 7.96. The van der Waals surface area contributed by atoms with Crippen molar-refractivity contribution in [1.29, 1.82) is 0 Å². The molecule has 9 heteroatoms. The lowest BCUT2D eigenvalue weighted by Crippen LogP contribution is -2.61. The number of fused-ring (bicyclic) bond motifs is 1. The highest BCUT2D eigenvalue weighted by molar-refractivity contribution is 7.89. The summed E-state index contributed by atoms with van der Waals surface area (Å²) in [5.74, 6) is -1.69. The van der Waals surface area contributed by atoms with Crippen molar-refractivity contribution in [3.63, 3.8) is 0 Å². The molecule has 0 radical (unpaired) electrons. The minimum Gasteiger partial charge on any atom is -0.361 e. The van der Waals surface area contributed by atoms with Gasteiger partial charge >= 0.3 is 6.18 Å². The minimum atomic E-state index is -5.16. The van der Waals surface area contributed by atoms with Gasteiger partial charge in [-0.3, -0.25) is 0 Å². The Labute approximate surface area is 137 Å². The van der Waals surface area contributed by atoms with E-state index in [9.17, 15) is 26.7 Å². The zero-order valence-electron chi connectivity index (χ0n) is 12.9. The van der Waals surface area contributed by atoms with E-state index < -0.39 is 27.8 Å². The van der Waals surface area contributed by atoms with Crippen molar-refractivity contribution >= 4 is 15.7 Å². The number of benzene rings is 1. The molecule has 1 aromatic rings. The standard InChI is InChI=1S/C15H17F3N2O3S/c1-10-6-5-9-12-13(10)19-20(14(12,21)15(16,17)18)24(22,23)11-7-3-2-4-8-11/h2-4,7-8,10,12,21H,5-6,9H2,1H3/t10-,12-,14+/m1/s1. The Kier molecular flexibility index (Phi) is 3.91. The van der Waals surface area contributed by atoms with E-state index in [-0.39, 0.29) is 27.4 Å². The van der Waals surface area contributed by atoms with Crippen molar-refractivity contribution in [3.8, 4) is 0 Å². The first kappa shape index (κ1) is 17.2. The lowest BCUT2D eigenvalue weighted by molar-refractivity contribution is -0.306. The van der Waals surface area contributed by atoms with Crippen molar-refractivity contribution in [2.45, 2.75) is 43.0 Å². The molecule has 0 saturated heterocycles. The van der Waals surface area contributed by atoms with Crippen LogP contribution in [-0.4, -0.2) is 35.6 Å². The normalized spacial score (nSPS) is 30.9. The zero-order chi connectivity index (χ0) is 17.8. The molecular weight excluding hydrogens is 345 g/mol. The minimum absolute atomic E-state index is 0.0417. The summed E-state index contributed by atoms with van der Waals surface area (Å²) in [6, 6.07) is 6.71. The Hall–Kier alpha value is -1.61. The molecule has 1 N–H and O–H groups in total. The number of nitrogens with zero attached hydrogens (tertiary/aromatic N) is 2. The fraction of sp³-hybridized carbons (Fsp3) is 0.533. The fourth-order valence-electron chi connectivity index (χ4n) is 3.39. The van der Waals surface area contributed by atoms with E-state index in [1.54, 1.807) is 13.0 Å². The maximum absolute atomic E-state index is 13.7. The van der Waals surface area contributed by atoms with Gasteiger partial charge in [-0.2, -0.15) is 26.7 Å².